The molecule has 21 heavy (non-hydrogen) atoms. The first-order valence-electron chi connectivity index (χ1n) is 6.46. The zero-order chi connectivity index (χ0) is 15.4. The smallest absolute Gasteiger partial charge is 0.142 e. The van der Waals surface area contributed by atoms with Gasteiger partial charge in [0.25, 0.3) is 0 Å². The van der Waals surface area contributed by atoms with Gasteiger partial charge in [-0.2, -0.15) is 0 Å². The van der Waals surface area contributed by atoms with Gasteiger partial charge in [-0.05, 0) is 37.7 Å². The van der Waals surface area contributed by atoms with Crippen LogP contribution in [0.15, 0.2) is 30.6 Å². The summed E-state index contributed by atoms with van der Waals surface area (Å²) in [6, 6.07) is 3.25. The van der Waals surface area contributed by atoms with Crippen LogP contribution in [0.1, 0.15) is 24.1 Å². The maximum absolute atomic E-state index is 14.1. The molecule has 0 fully saturated rings. The Morgan fingerprint density at radius 2 is 2.00 bits per heavy atom. The van der Waals surface area contributed by atoms with Crippen LogP contribution in [0.2, 0.25) is 5.02 Å². The minimum atomic E-state index is -0.665. The van der Waals surface area contributed by atoms with Crippen LogP contribution >= 0.6 is 11.6 Å². The molecule has 0 aliphatic carbocycles. The maximum Gasteiger partial charge on any atom is 0.142 e. The summed E-state index contributed by atoms with van der Waals surface area (Å²) in [7, 11) is 1.66. The molecule has 0 saturated heterocycles. The lowest BCUT2D eigenvalue weighted by molar-refractivity contribution is 0.338. The van der Waals surface area contributed by atoms with E-state index in [0.29, 0.717) is 17.9 Å². The highest BCUT2D eigenvalue weighted by atomic mass is 35.5. The normalized spacial score (nSPS) is 12.2. The SMILES string of the molecule is CCOc1cncc(C(NC)c2cc(F)c(Cl)cc2F)c1. The molecule has 1 unspecified atom stereocenters. The molecular weight excluding hydrogens is 298 g/mol. The van der Waals surface area contributed by atoms with E-state index in [0.717, 1.165) is 12.1 Å². The largest absolute Gasteiger partial charge is 0.492 e. The highest BCUT2D eigenvalue weighted by Crippen LogP contribution is 2.29. The van der Waals surface area contributed by atoms with Crippen LogP contribution in [0.4, 0.5) is 8.78 Å². The van der Waals surface area contributed by atoms with E-state index in [1.807, 2.05) is 6.92 Å². The van der Waals surface area contributed by atoms with Crippen LogP contribution in [0.3, 0.4) is 0 Å². The molecule has 1 atom stereocenters. The molecule has 1 heterocycles. The highest BCUT2D eigenvalue weighted by molar-refractivity contribution is 6.30. The third kappa shape index (κ3) is 3.49. The molecule has 0 amide bonds. The van der Waals surface area contributed by atoms with Crippen molar-refractivity contribution in [1.29, 1.82) is 0 Å². The number of nitrogens with zero attached hydrogens (tertiary/aromatic N) is 1. The molecule has 3 nitrogen and oxygen atoms in total. The third-order valence-electron chi connectivity index (χ3n) is 3.02. The Morgan fingerprint density at radius 3 is 2.67 bits per heavy atom. The number of hydrogen-bond acceptors (Lipinski definition) is 3. The first-order chi connectivity index (χ1) is 10.1. The molecule has 0 bridgehead atoms. The van der Waals surface area contributed by atoms with Gasteiger partial charge in [-0.3, -0.25) is 4.98 Å². The standard InChI is InChI=1S/C15H15ClF2N2O/c1-3-21-10-4-9(7-20-8-10)15(19-2)11-5-14(18)12(16)6-13(11)17/h4-8,15,19H,3H2,1-2H3. The zero-order valence-electron chi connectivity index (χ0n) is 11.7. The van der Waals surface area contributed by atoms with Crippen molar-refractivity contribution in [3.05, 3.63) is 58.4 Å². The van der Waals surface area contributed by atoms with Crippen LogP contribution < -0.4 is 10.1 Å². The van der Waals surface area contributed by atoms with Gasteiger partial charge in [0.1, 0.15) is 17.4 Å². The molecule has 1 N–H and O–H groups in total. The number of rotatable bonds is 5. The molecule has 0 radical (unpaired) electrons. The summed E-state index contributed by atoms with van der Waals surface area (Å²) >= 11 is 5.58. The summed E-state index contributed by atoms with van der Waals surface area (Å²) in [4.78, 5) is 4.06. The van der Waals surface area contributed by atoms with E-state index < -0.39 is 17.7 Å². The van der Waals surface area contributed by atoms with Gasteiger partial charge in [0.15, 0.2) is 0 Å². The molecule has 1 aromatic carbocycles. The van der Waals surface area contributed by atoms with Gasteiger partial charge in [-0.15, -0.1) is 0 Å². The van der Waals surface area contributed by atoms with Gasteiger partial charge in [0.05, 0.1) is 23.9 Å². The number of benzene rings is 1. The van der Waals surface area contributed by atoms with Crippen LogP contribution in [-0.4, -0.2) is 18.6 Å². The average molecular weight is 313 g/mol. The molecule has 0 saturated carbocycles. The van der Waals surface area contributed by atoms with Gasteiger partial charge in [-0.1, -0.05) is 11.6 Å². The molecule has 2 aromatic rings. The molecule has 0 spiro atoms. The minimum absolute atomic E-state index is 0.162. The number of hydrogen-bond donors (Lipinski definition) is 1. The van der Waals surface area contributed by atoms with Crippen LogP contribution in [0.25, 0.3) is 0 Å². The molecule has 1 aromatic heterocycles. The molecule has 112 valence electrons. The fourth-order valence-electron chi connectivity index (χ4n) is 2.10. The second-order valence-electron chi connectivity index (χ2n) is 4.40. The van der Waals surface area contributed by atoms with Crippen molar-refractivity contribution < 1.29 is 13.5 Å². The van der Waals surface area contributed by atoms with Crippen molar-refractivity contribution in [2.45, 2.75) is 13.0 Å². The summed E-state index contributed by atoms with van der Waals surface area (Å²) in [6.45, 7) is 2.36. The summed E-state index contributed by atoms with van der Waals surface area (Å²) in [5, 5.41) is 2.70. The average Bonchev–Trinajstić information content (AvgIpc) is 2.46. The van der Waals surface area contributed by atoms with E-state index >= 15 is 0 Å². The lowest BCUT2D eigenvalue weighted by Gasteiger charge is -2.18. The predicted molar refractivity (Wildman–Crippen MR) is 77.7 cm³/mol. The van der Waals surface area contributed by atoms with Crippen LogP contribution in [0.5, 0.6) is 5.75 Å². The van der Waals surface area contributed by atoms with E-state index in [4.69, 9.17) is 16.3 Å². The van der Waals surface area contributed by atoms with Crippen LogP contribution in [-0.2, 0) is 0 Å². The second-order valence-corrected chi connectivity index (χ2v) is 4.80. The van der Waals surface area contributed by atoms with E-state index in [9.17, 15) is 8.78 Å². The number of nitrogens with one attached hydrogen (secondary N) is 1. The second kappa shape index (κ2) is 6.83. The summed E-state index contributed by atoms with van der Waals surface area (Å²) in [6.07, 6.45) is 3.15. The Labute approximate surface area is 126 Å². The molecule has 0 aliphatic rings. The van der Waals surface area contributed by atoms with Crippen LogP contribution in [0, 0.1) is 11.6 Å². The Bertz CT molecular complexity index is 637. The Hall–Kier alpha value is -1.72. The first kappa shape index (κ1) is 15.7. The van der Waals surface area contributed by atoms with E-state index in [2.05, 4.69) is 10.3 Å². The lowest BCUT2D eigenvalue weighted by atomic mass is 9.99. The van der Waals surface area contributed by atoms with Gasteiger partial charge in [0, 0.05) is 11.8 Å². The summed E-state index contributed by atoms with van der Waals surface area (Å²) < 4.78 is 33.0. The van der Waals surface area contributed by atoms with E-state index in [1.165, 1.54) is 0 Å². The van der Waals surface area contributed by atoms with Crippen molar-refractivity contribution in [2.75, 3.05) is 13.7 Å². The first-order valence-corrected chi connectivity index (χ1v) is 6.84. The zero-order valence-corrected chi connectivity index (χ0v) is 12.4. The molecule has 2 rings (SSSR count). The number of aromatic nitrogens is 1. The van der Waals surface area contributed by atoms with Gasteiger partial charge in [0.2, 0.25) is 0 Å². The monoisotopic (exact) mass is 312 g/mol. The van der Waals surface area contributed by atoms with Gasteiger partial charge >= 0.3 is 0 Å². The number of halogens is 3. The van der Waals surface area contributed by atoms with Crippen molar-refractivity contribution in [3.63, 3.8) is 0 Å². The fourth-order valence-corrected chi connectivity index (χ4v) is 2.25. The molecule has 0 aliphatic heterocycles. The van der Waals surface area contributed by atoms with Crippen molar-refractivity contribution in [1.82, 2.24) is 10.3 Å². The summed E-state index contributed by atoms with van der Waals surface area (Å²) in [5.74, 6) is -0.671. The molecular formula is C15H15ClF2N2O. The van der Waals surface area contributed by atoms with Crippen molar-refractivity contribution in [3.8, 4) is 5.75 Å². The Kier molecular flexibility index (Phi) is 5.09. The van der Waals surface area contributed by atoms with Crippen molar-refractivity contribution >= 4 is 11.6 Å². The lowest BCUT2D eigenvalue weighted by Crippen LogP contribution is -2.19. The highest BCUT2D eigenvalue weighted by Gasteiger charge is 2.19. The van der Waals surface area contributed by atoms with E-state index in [-0.39, 0.29) is 10.6 Å². The van der Waals surface area contributed by atoms with E-state index in [1.54, 1.807) is 25.5 Å². The summed E-state index contributed by atoms with van der Waals surface area (Å²) in [5.41, 5.74) is 0.832. The topological polar surface area (TPSA) is 34.1 Å². The van der Waals surface area contributed by atoms with Crippen molar-refractivity contribution in [2.24, 2.45) is 0 Å². The maximum atomic E-state index is 14.1. The minimum Gasteiger partial charge on any atom is -0.492 e. The quantitative estimate of drug-likeness (QED) is 0.854. The Morgan fingerprint density at radius 1 is 1.24 bits per heavy atom. The fraction of sp³-hybridized carbons (Fsp3) is 0.267. The number of ether oxygens (including phenoxy) is 1. The third-order valence-corrected chi connectivity index (χ3v) is 3.31. The predicted octanol–water partition coefficient (Wildman–Crippen LogP) is 3.72. The van der Waals surface area contributed by atoms with Gasteiger partial charge in [-0.25, -0.2) is 8.78 Å². The van der Waals surface area contributed by atoms with Gasteiger partial charge < -0.3 is 10.1 Å². The molecule has 6 heteroatoms. The number of pyridine rings is 1. The Balaban J connectivity index is 2.44.